The highest BCUT2D eigenvalue weighted by atomic mass is 16.7. The van der Waals surface area contributed by atoms with Gasteiger partial charge in [-0.1, -0.05) is 30.3 Å². The zero-order valence-corrected chi connectivity index (χ0v) is 9.56. The third kappa shape index (κ3) is 2.82. The van der Waals surface area contributed by atoms with Gasteiger partial charge in [0.1, 0.15) is 0 Å². The van der Waals surface area contributed by atoms with Crippen LogP contribution >= 0.6 is 0 Å². The summed E-state index contributed by atoms with van der Waals surface area (Å²) in [6.45, 7) is 2.68. The predicted octanol–water partition coefficient (Wildman–Crippen LogP) is 1.74. The van der Waals surface area contributed by atoms with E-state index < -0.39 is 5.79 Å². The lowest BCUT2D eigenvalue weighted by Crippen LogP contribution is -2.29. The number of aliphatic hydroxyl groups excluding tert-OH is 1. The van der Waals surface area contributed by atoms with Crippen molar-refractivity contribution in [3.05, 3.63) is 35.9 Å². The molecule has 1 aromatic carbocycles. The molecular formula is C13H18O3. The van der Waals surface area contributed by atoms with Gasteiger partial charge in [-0.2, -0.15) is 0 Å². The van der Waals surface area contributed by atoms with Gasteiger partial charge in [0.25, 0.3) is 0 Å². The Balaban J connectivity index is 1.95. The predicted molar refractivity (Wildman–Crippen MR) is 61.1 cm³/mol. The quantitative estimate of drug-likeness (QED) is 0.843. The molecule has 1 aromatic rings. The van der Waals surface area contributed by atoms with E-state index in [9.17, 15) is 0 Å². The lowest BCUT2D eigenvalue weighted by atomic mass is 10.1. The third-order valence-electron chi connectivity index (χ3n) is 2.81. The minimum Gasteiger partial charge on any atom is -0.396 e. The van der Waals surface area contributed by atoms with E-state index in [1.54, 1.807) is 0 Å². The van der Waals surface area contributed by atoms with Crippen LogP contribution in [0, 0.1) is 0 Å². The van der Waals surface area contributed by atoms with Crippen LogP contribution in [0.4, 0.5) is 0 Å². The Kier molecular flexibility index (Phi) is 3.59. The number of aliphatic hydroxyl groups is 1. The molecule has 0 radical (unpaired) electrons. The van der Waals surface area contributed by atoms with Crippen molar-refractivity contribution < 1.29 is 14.6 Å². The first kappa shape index (κ1) is 11.6. The Morgan fingerprint density at radius 1 is 1.38 bits per heavy atom. The van der Waals surface area contributed by atoms with Gasteiger partial charge in [0.15, 0.2) is 5.79 Å². The summed E-state index contributed by atoms with van der Waals surface area (Å²) in [7, 11) is 0. The molecule has 0 amide bonds. The van der Waals surface area contributed by atoms with Crippen molar-refractivity contribution in [1.82, 2.24) is 0 Å². The maximum atomic E-state index is 8.85. The van der Waals surface area contributed by atoms with Gasteiger partial charge in [0.2, 0.25) is 0 Å². The average molecular weight is 222 g/mol. The molecule has 0 aliphatic carbocycles. The highest BCUT2D eigenvalue weighted by Crippen LogP contribution is 2.28. The first-order chi connectivity index (χ1) is 7.72. The minimum atomic E-state index is -0.540. The molecule has 88 valence electrons. The van der Waals surface area contributed by atoms with Crippen LogP contribution in [0.5, 0.6) is 0 Å². The van der Waals surface area contributed by atoms with Crippen LogP contribution in [0.25, 0.3) is 0 Å². The van der Waals surface area contributed by atoms with Crippen molar-refractivity contribution in [2.75, 3.05) is 13.2 Å². The fourth-order valence-corrected chi connectivity index (χ4v) is 2.04. The van der Waals surface area contributed by atoms with Crippen LogP contribution in [-0.4, -0.2) is 30.2 Å². The molecule has 0 spiro atoms. The molecule has 3 nitrogen and oxygen atoms in total. The van der Waals surface area contributed by atoms with Gasteiger partial charge >= 0.3 is 0 Å². The largest absolute Gasteiger partial charge is 0.396 e. The average Bonchev–Trinajstić information content (AvgIpc) is 2.62. The van der Waals surface area contributed by atoms with Crippen molar-refractivity contribution in [2.24, 2.45) is 0 Å². The van der Waals surface area contributed by atoms with Gasteiger partial charge in [-0.15, -0.1) is 0 Å². The smallest absolute Gasteiger partial charge is 0.170 e. The summed E-state index contributed by atoms with van der Waals surface area (Å²) in [4.78, 5) is 0. The maximum Gasteiger partial charge on any atom is 0.170 e. The van der Waals surface area contributed by atoms with E-state index in [0.717, 1.165) is 6.42 Å². The molecule has 3 heteroatoms. The summed E-state index contributed by atoms with van der Waals surface area (Å²) < 4.78 is 11.5. The van der Waals surface area contributed by atoms with Crippen molar-refractivity contribution in [1.29, 1.82) is 0 Å². The fraction of sp³-hybridized carbons (Fsp3) is 0.538. The highest BCUT2D eigenvalue weighted by molar-refractivity contribution is 5.16. The standard InChI is InChI=1S/C13H18O3/c1-13(9-11-5-3-2-4-6-11)15-10-12(16-13)7-8-14/h2-6,12,14H,7-10H2,1H3. The lowest BCUT2D eigenvalue weighted by Gasteiger charge is -2.23. The van der Waals surface area contributed by atoms with Crippen LogP contribution < -0.4 is 0 Å². The highest BCUT2D eigenvalue weighted by Gasteiger charge is 2.36. The monoisotopic (exact) mass is 222 g/mol. The van der Waals surface area contributed by atoms with Gasteiger partial charge < -0.3 is 14.6 Å². The summed E-state index contributed by atoms with van der Waals surface area (Å²) >= 11 is 0. The van der Waals surface area contributed by atoms with E-state index in [-0.39, 0.29) is 12.7 Å². The zero-order valence-electron chi connectivity index (χ0n) is 9.56. The van der Waals surface area contributed by atoms with E-state index in [2.05, 4.69) is 12.1 Å². The normalized spacial score (nSPS) is 29.5. The minimum absolute atomic E-state index is 0.0266. The Hall–Kier alpha value is -0.900. The maximum absolute atomic E-state index is 8.85. The van der Waals surface area contributed by atoms with Crippen molar-refractivity contribution in [2.45, 2.75) is 31.7 Å². The Bertz CT molecular complexity index is 325. The molecule has 2 rings (SSSR count). The van der Waals surface area contributed by atoms with E-state index in [0.29, 0.717) is 13.0 Å². The molecular weight excluding hydrogens is 204 g/mol. The van der Waals surface area contributed by atoms with Crippen molar-refractivity contribution in [3.63, 3.8) is 0 Å². The number of ether oxygens (including phenoxy) is 2. The summed E-state index contributed by atoms with van der Waals surface area (Å²) in [6, 6.07) is 10.2. The first-order valence-corrected chi connectivity index (χ1v) is 5.68. The molecule has 1 heterocycles. The Labute approximate surface area is 96.0 Å². The second-order valence-electron chi connectivity index (χ2n) is 4.36. The van der Waals surface area contributed by atoms with Gasteiger partial charge in [0.05, 0.1) is 12.7 Å². The fourth-order valence-electron chi connectivity index (χ4n) is 2.04. The van der Waals surface area contributed by atoms with Crippen LogP contribution in [-0.2, 0) is 15.9 Å². The van der Waals surface area contributed by atoms with Crippen LogP contribution in [0.15, 0.2) is 30.3 Å². The summed E-state index contributed by atoms with van der Waals surface area (Å²) in [6.07, 6.45) is 1.42. The summed E-state index contributed by atoms with van der Waals surface area (Å²) in [5.41, 5.74) is 1.20. The molecule has 1 aliphatic heterocycles. The molecule has 16 heavy (non-hydrogen) atoms. The third-order valence-corrected chi connectivity index (χ3v) is 2.81. The second-order valence-corrected chi connectivity index (χ2v) is 4.36. The van der Waals surface area contributed by atoms with Gasteiger partial charge in [-0.3, -0.25) is 0 Å². The number of rotatable bonds is 4. The molecule has 1 aliphatic rings. The van der Waals surface area contributed by atoms with E-state index in [1.165, 1.54) is 5.56 Å². The molecule has 1 saturated heterocycles. The van der Waals surface area contributed by atoms with Gasteiger partial charge in [-0.05, 0) is 18.9 Å². The topological polar surface area (TPSA) is 38.7 Å². The SMILES string of the molecule is CC1(Cc2ccccc2)OCC(CCO)O1. The van der Waals surface area contributed by atoms with Gasteiger partial charge in [-0.25, -0.2) is 0 Å². The summed E-state index contributed by atoms with van der Waals surface area (Å²) in [5.74, 6) is -0.540. The molecule has 2 atom stereocenters. The first-order valence-electron chi connectivity index (χ1n) is 5.68. The van der Waals surface area contributed by atoms with Crippen molar-refractivity contribution >= 4 is 0 Å². The molecule has 2 unspecified atom stereocenters. The molecule has 1 N–H and O–H groups in total. The Morgan fingerprint density at radius 3 is 2.81 bits per heavy atom. The number of hydrogen-bond donors (Lipinski definition) is 1. The van der Waals surface area contributed by atoms with E-state index >= 15 is 0 Å². The lowest BCUT2D eigenvalue weighted by molar-refractivity contribution is -0.153. The van der Waals surface area contributed by atoms with Crippen LogP contribution in [0.1, 0.15) is 18.9 Å². The molecule has 0 saturated carbocycles. The van der Waals surface area contributed by atoms with E-state index in [4.69, 9.17) is 14.6 Å². The van der Waals surface area contributed by atoms with Crippen molar-refractivity contribution in [3.8, 4) is 0 Å². The number of hydrogen-bond acceptors (Lipinski definition) is 3. The molecule has 1 fully saturated rings. The Morgan fingerprint density at radius 2 is 2.12 bits per heavy atom. The van der Waals surface area contributed by atoms with Crippen LogP contribution in [0.3, 0.4) is 0 Å². The summed E-state index contributed by atoms with van der Waals surface area (Å²) in [5, 5.41) is 8.85. The molecule has 0 bridgehead atoms. The van der Waals surface area contributed by atoms with E-state index in [1.807, 2.05) is 25.1 Å². The second kappa shape index (κ2) is 4.95. The zero-order chi connectivity index (χ0) is 11.4. The molecule has 0 aromatic heterocycles. The van der Waals surface area contributed by atoms with Crippen LogP contribution in [0.2, 0.25) is 0 Å². The van der Waals surface area contributed by atoms with Gasteiger partial charge in [0, 0.05) is 13.0 Å². The number of benzene rings is 1.